The molecule has 2 rings (SSSR count). The number of phenols is 2. The molecule has 4 heteroatoms. The van der Waals surface area contributed by atoms with Crippen LogP contribution in [0, 0.1) is 5.92 Å². The highest BCUT2D eigenvalue weighted by Gasteiger charge is 2.23. The molecule has 0 saturated carbocycles. The first-order valence-electron chi connectivity index (χ1n) is 6.88. The first-order chi connectivity index (χ1) is 9.10. The number of carbonyl (C=O) groups is 1. The van der Waals surface area contributed by atoms with Gasteiger partial charge in [-0.3, -0.25) is 4.79 Å². The van der Waals surface area contributed by atoms with Crippen molar-refractivity contribution < 1.29 is 15.0 Å². The molecule has 19 heavy (non-hydrogen) atoms. The number of phenolic OH excluding ortho intramolecular Hbond substituents is 2. The summed E-state index contributed by atoms with van der Waals surface area (Å²) in [6.07, 6.45) is 3.56. The standard InChI is InChI=1S/C15H21NO3/c1-2-11-4-3-7-16(10-11)15(19)8-12-5-6-13(17)9-14(12)18/h5-6,9,11,17-18H,2-4,7-8,10H2,1H3. The minimum absolute atomic E-state index is 0.0118. The van der Waals surface area contributed by atoms with Crippen molar-refractivity contribution in [3.05, 3.63) is 23.8 Å². The van der Waals surface area contributed by atoms with E-state index in [1.165, 1.54) is 18.6 Å². The van der Waals surface area contributed by atoms with Gasteiger partial charge in [0.1, 0.15) is 11.5 Å². The normalized spacial score (nSPS) is 19.4. The fourth-order valence-corrected chi connectivity index (χ4v) is 2.60. The SMILES string of the molecule is CCC1CCCN(C(=O)Cc2ccc(O)cc2O)C1. The average Bonchev–Trinajstić information content (AvgIpc) is 2.42. The Bertz CT molecular complexity index is 459. The van der Waals surface area contributed by atoms with E-state index in [9.17, 15) is 15.0 Å². The van der Waals surface area contributed by atoms with Crippen LogP contribution >= 0.6 is 0 Å². The summed E-state index contributed by atoms with van der Waals surface area (Å²) in [4.78, 5) is 14.1. The molecular formula is C15H21NO3. The summed E-state index contributed by atoms with van der Waals surface area (Å²) in [6.45, 7) is 3.80. The van der Waals surface area contributed by atoms with E-state index in [0.29, 0.717) is 11.5 Å². The molecule has 104 valence electrons. The van der Waals surface area contributed by atoms with Crippen LogP contribution in [0.25, 0.3) is 0 Å². The van der Waals surface area contributed by atoms with E-state index >= 15 is 0 Å². The molecule has 0 spiro atoms. The number of aromatic hydroxyl groups is 2. The summed E-state index contributed by atoms with van der Waals surface area (Å²) in [5.74, 6) is 0.653. The zero-order valence-electron chi connectivity index (χ0n) is 11.3. The van der Waals surface area contributed by atoms with Crippen LogP contribution in [0.3, 0.4) is 0 Å². The lowest BCUT2D eigenvalue weighted by Gasteiger charge is -2.32. The van der Waals surface area contributed by atoms with Crippen LogP contribution in [0.5, 0.6) is 11.5 Å². The number of hydrogen-bond donors (Lipinski definition) is 2. The van der Waals surface area contributed by atoms with Crippen LogP contribution in [-0.4, -0.2) is 34.1 Å². The largest absolute Gasteiger partial charge is 0.508 e. The van der Waals surface area contributed by atoms with Crippen molar-refractivity contribution in [2.24, 2.45) is 5.92 Å². The van der Waals surface area contributed by atoms with Crippen molar-refractivity contribution >= 4 is 5.91 Å². The third-order valence-electron chi connectivity index (χ3n) is 3.86. The molecule has 4 nitrogen and oxygen atoms in total. The van der Waals surface area contributed by atoms with E-state index in [0.717, 1.165) is 25.9 Å². The number of amides is 1. The second-order valence-electron chi connectivity index (χ2n) is 5.25. The van der Waals surface area contributed by atoms with Crippen molar-refractivity contribution in [2.45, 2.75) is 32.6 Å². The number of benzene rings is 1. The minimum atomic E-state index is -0.0163. The molecule has 2 N–H and O–H groups in total. The number of nitrogens with zero attached hydrogens (tertiary/aromatic N) is 1. The maximum Gasteiger partial charge on any atom is 0.227 e. The Kier molecular flexibility index (Phi) is 4.30. The quantitative estimate of drug-likeness (QED) is 0.879. The summed E-state index contributed by atoms with van der Waals surface area (Å²) in [5, 5.41) is 18.9. The number of carbonyl (C=O) groups excluding carboxylic acids is 1. The lowest BCUT2D eigenvalue weighted by atomic mass is 9.95. The number of rotatable bonds is 3. The molecule has 0 bridgehead atoms. The predicted molar refractivity (Wildman–Crippen MR) is 73.1 cm³/mol. The maximum atomic E-state index is 12.2. The summed E-state index contributed by atoms with van der Waals surface area (Å²) in [7, 11) is 0. The molecule has 1 amide bonds. The predicted octanol–water partition coefficient (Wildman–Crippen LogP) is 2.29. The van der Waals surface area contributed by atoms with E-state index in [1.54, 1.807) is 6.07 Å². The first kappa shape index (κ1) is 13.7. The smallest absolute Gasteiger partial charge is 0.227 e. The van der Waals surface area contributed by atoms with Gasteiger partial charge in [-0.25, -0.2) is 0 Å². The second kappa shape index (κ2) is 5.95. The molecule has 1 atom stereocenters. The molecule has 1 heterocycles. The van der Waals surface area contributed by atoms with E-state index in [4.69, 9.17) is 0 Å². The van der Waals surface area contributed by atoms with Gasteiger partial charge in [0.25, 0.3) is 0 Å². The van der Waals surface area contributed by atoms with Gasteiger partial charge in [0.2, 0.25) is 5.91 Å². The molecule has 1 fully saturated rings. The van der Waals surface area contributed by atoms with Crippen LogP contribution in [0.2, 0.25) is 0 Å². The Morgan fingerprint density at radius 1 is 1.42 bits per heavy atom. The van der Waals surface area contributed by atoms with Crippen LogP contribution in [0.15, 0.2) is 18.2 Å². The highest BCUT2D eigenvalue weighted by Crippen LogP contribution is 2.25. The van der Waals surface area contributed by atoms with E-state index in [-0.39, 0.29) is 23.8 Å². The fourth-order valence-electron chi connectivity index (χ4n) is 2.60. The van der Waals surface area contributed by atoms with Gasteiger partial charge < -0.3 is 15.1 Å². The third-order valence-corrected chi connectivity index (χ3v) is 3.86. The highest BCUT2D eigenvalue weighted by atomic mass is 16.3. The van der Waals surface area contributed by atoms with Gasteiger partial charge in [-0.1, -0.05) is 19.4 Å². The molecule has 0 aliphatic carbocycles. The summed E-state index contributed by atoms with van der Waals surface area (Å²) in [5.41, 5.74) is 0.571. The number of piperidine rings is 1. The zero-order valence-corrected chi connectivity index (χ0v) is 11.3. The first-order valence-corrected chi connectivity index (χ1v) is 6.88. The van der Waals surface area contributed by atoms with Crippen LogP contribution in [0.1, 0.15) is 31.7 Å². The Morgan fingerprint density at radius 3 is 2.89 bits per heavy atom. The van der Waals surface area contributed by atoms with Crippen molar-refractivity contribution in [2.75, 3.05) is 13.1 Å². The van der Waals surface area contributed by atoms with Crippen molar-refractivity contribution in [1.82, 2.24) is 4.90 Å². The molecule has 1 unspecified atom stereocenters. The molecule has 1 saturated heterocycles. The van der Waals surface area contributed by atoms with Gasteiger partial charge in [0.05, 0.1) is 6.42 Å². The van der Waals surface area contributed by atoms with E-state index in [1.807, 2.05) is 4.90 Å². The Morgan fingerprint density at radius 2 is 2.21 bits per heavy atom. The van der Waals surface area contributed by atoms with E-state index < -0.39 is 0 Å². The van der Waals surface area contributed by atoms with Crippen LogP contribution < -0.4 is 0 Å². The molecule has 1 aromatic rings. The van der Waals surface area contributed by atoms with Crippen LogP contribution in [0.4, 0.5) is 0 Å². The van der Waals surface area contributed by atoms with Gasteiger partial charge in [-0.15, -0.1) is 0 Å². The van der Waals surface area contributed by atoms with Gasteiger partial charge >= 0.3 is 0 Å². The molecule has 0 aromatic heterocycles. The molecule has 0 radical (unpaired) electrons. The fraction of sp³-hybridized carbons (Fsp3) is 0.533. The number of hydrogen-bond acceptors (Lipinski definition) is 3. The lowest BCUT2D eigenvalue weighted by molar-refractivity contribution is -0.132. The molecule has 1 aromatic carbocycles. The van der Waals surface area contributed by atoms with Gasteiger partial charge in [-0.05, 0) is 24.8 Å². The van der Waals surface area contributed by atoms with E-state index in [2.05, 4.69) is 6.92 Å². The molecular weight excluding hydrogens is 242 g/mol. The zero-order chi connectivity index (χ0) is 13.8. The van der Waals surface area contributed by atoms with Gasteiger partial charge in [0, 0.05) is 24.7 Å². The third kappa shape index (κ3) is 3.40. The topological polar surface area (TPSA) is 60.8 Å². The molecule has 1 aliphatic rings. The molecule has 1 aliphatic heterocycles. The number of likely N-dealkylation sites (tertiary alicyclic amines) is 1. The van der Waals surface area contributed by atoms with Crippen molar-refractivity contribution in [3.63, 3.8) is 0 Å². The second-order valence-corrected chi connectivity index (χ2v) is 5.25. The van der Waals surface area contributed by atoms with Crippen molar-refractivity contribution in [1.29, 1.82) is 0 Å². The lowest BCUT2D eigenvalue weighted by Crippen LogP contribution is -2.40. The summed E-state index contributed by atoms with van der Waals surface area (Å²) in [6, 6.07) is 4.37. The summed E-state index contributed by atoms with van der Waals surface area (Å²) < 4.78 is 0. The Labute approximate surface area is 113 Å². The average molecular weight is 263 g/mol. The minimum Gasteiger partial charge on any atom is -0.508 e. The van der Waals surface area contributed by atoms with Crippen LogP contribution in [-0.2, 0) is 11.2 Å². The Balaban J connectivity index is 2.00. The highest BCUT2D eigenvalue weighted by molar-refractivity contribution is 5.79. The Hall–Kier alpha value is -1.71. The van der Waals surface area contributed by atoms with Gasteiger partial charge in [0.15, 0.2) is 0 Å². The van der Waals surface area contributed by atoms with Crippen molar-refractivity contribution in [3.8, 4) is 11.5 Å². The maximum absolute atomic E-state index is 12.2. The summed E-state index contributed by atoms with van der Waals surface area (Å²) >= 11 is 0. The monoisotopic (exact) mass is 263 g/mol. The van der Waals surface area contributed by atoms with Gasteiger partial charge in [-0.2, -0.15) is 0 Å².